The minimum Gasteiger partial charge on any atom is -0.323 e. The van der Waals surface area contributed by atoms with Crippen LogP contribution in [0.25, 0.3) is 0 Å². The van der Waals surface area contributed by atoms with Gasteiger partial charge >= 0.3 is 0 Å². The molecule has 0 aliphatic carbocycles. The Labute approximate surface area is 118 Å². The standard InChI is InChI=1S/C13H13F2N3OS/c1-7-4-12(19)18-13(17-7)20-6-11(16)9-5-8(14)2-3-10(9)15/h2-5,11H,6,16H2,1H3,(H,17,18,19). The summed E-state index contributed by atoms with van der Waals surface area (Å²) in [6.07, 6.45) is 0. The van der Waals surface area contributed by atoms with E-state index >= 15 is 0 Å². The average Bonchev–Trinajstić information content (AvgIpc) is 2.38. The predicted molar refractivity (Wildman–Crippen MR) is 73.6 cm³/mol. The third kappa shape index (κ3) is 3.64. The lowest BCUT2D eigenvalue weighted by Crippen LogP contribution is -2.16. The molecule has 1 heterocycles. The lowest BCUT2D eigenvalue weighted by atomic mass is 10.1. The number of nitrogens with zero attached hydrogens (tertiary/aromatic N) is 1. The van der Waals surface area contributed by atoms with E-state index in [1.54, 1.807) is 6.92 Å². The first-order chi connectivity index (χ1) is 9.45. The van der Waals surface area contributed by atoms with Crippen LogP contribution in [0, 0.1) is 18.6 Å². The maximum Gasteiger partial charge on any atom is 0.251 e. The molecular weight excluding hydrogens is 284 g/mol. The molecule has 0 saturated heterocycles. The monoisotopic (exact) mass is 297 g/mol. The molecule has 1 aromatic carbocycles. The molecule has 4 nitrogen and oxygen atoms in total. The highest BCUT2D eigenvalue weighted by atomic mass is 32.2. The second-order valence-corrected chi connectivity index (χ2v) is 5.28. The number of thioether (sulfide) groups is 1. The second-order valence-electron chi connectivity index (χ2n) is 4.28. The Morgan fingerprint density at radius 3 is 2.85 bits per heavy atom. The molecule has 0 saturated carbocycles. The summed E-state index contributed by atoms with van der Waals surface area (Å²) in [7, 11) is 0. The number of hydrogen-bond acceptors (Lipinski definition) is 4. The summed E-state index contributed by atoms with van der Waals surface area (Å²) >= 11 is 1.19. The normalized spacial score (nSPS) is 12.4. The van der Waals surface area contributed by atoms with Gasteiger partial charge in [-0.15, -0.1) is 0 Å². The average molecular weight is 297 g/mol. The molecule has 0 fully saturated rings. The molecule has 0 aliphatic rings. The van der Waals surface area contributed by atoms with Crippen LogP contribution in [0.3, 0.4) is 0 Å². The maximum absolute atomic E-state index is 13.5. The molecule has 0 spiro atoms. The lowest BCUT2D eigenvalue weighted by molar-refractivity contribution is 0.573. The first-order valence-electron chi connectivity index (χ1n) is 5.87. The number of aromatic amines is 1. The SMILES string of the molecule is Cc1cc(=O)[nH]c(SCC(N)c2cc(F)ccc2F)n1. The van der Waals surface area contributed by atoms with Gasteiger partial charge in [0.25, 0.3) is 5.56 Å². The quantitative estimate of drug-likeness (QED) is 0.670. The van der Waals surface area contributed by atoms with Gasteiger partial charge in [-0.2, -0.15) is 0 Å². The van der Waals surface area contributed by atoms with Crippen LogP contribution in [0.1, 0.15) is 17.3 Å². The molecule has 1 unspecified atom stereocenters. The molecule has 0 radical (unpaired) electrons. The zero-order valence-corrected chi connectivity index (χ0v) is 11.5. The molecule has 0 amide bonds. The number of H-pyrrole nitrogens is 1. The van der Waals surface area contributed by atoms with E-state index < -0.39 is 17.7 Å². The van der Waals surface area contributed by atoms with Crippen LogP contribution in [-0.4, -0.2) is 15.7 Å². The number of aryl methyl sites for hydroxylation is 1. The summed E-state index contributed by atoms with van der Waals surface area (Å²) in [5.74, 6) is -0.818. The van der Waals surface area contributed by atoms with Crippen molar-refractivity contribution in [3.8, 4) is 0 Å². The first kappa shape index (κ1) is 14.7. The third-order valence-electron chi connectivity index (χ3n) is 2.61. The highest BCUT2D eigenvalue weighted by Gasteiger charge is 2.13. The Balaban J connectivity index is 2.10. The van der Waals surface area contributed by atoms with Gasteiger partial charge in [0.1, 0.15) is 11.6 Å². The largest absolute Gasteiger partial charge is 0.323 e. The fourth-order valence-corrected chi connectivity index (χ4v) is 2.58. The van der Waals surface area contributed by atoms with Crippen molar-refractivity contribution in [2.24, 2.45) is 5.73 Å². The first-order valence-corrected chi connectivity index (χ1v) is 6.85. The van der Waals surface area contributed by atoms with Gasteiger partial charge in [0.2, 0.25) is 0 Å². The van der Waals surface area contributed by atoms with Crippen LogP contribution in [0.15, 0.2) is 34.2 Å². The Hall–Kier alpha value is -1.73. The molecule has 106 valence electrons. The molecule has 2 aromatic rings. The Morgan fingerprint density at radius 2 is 2.15 bits per heavy atom. The van der Waals surface area contributed by atoms with E-state index in [1.165, 1.54) is 17.8 Å². The highest BCUT2D eigenvalue weighted by molar-refractivity contribution is 7.99. The van der Waals surface area contributed by atoms with Gasteiger partial charge in [0.05, 0.1) is 0 Å². The van der Waals surface area contributed by atoms with Gasteiger partial charge in [0.15, 0.2) is 5.16 Å². The predicted octanol–water partition coefficient (Wildman–Crippen LogP) is 2.15. The van der Waals surface area contributed by atoms with Gasteiger partial charge in [-0.25, -0.2) is 13.8 Å². The van der Waals surface area contributed by atoms with E-state index in [0.717, 1.165) is 18.2 Å². The van der Waals surface area contributed by atoms with Gasteiger partial charge in [-0.05, 0) is 25.1 Å². The fraction of sp³-hybridized carbons (Fsp3) is 0.231. The summed E-state index contributed by atoms with van der Waals surface area (Å²) in [6, 6.07) is 3.84. The summed E-state index contributed by atoms with van der Waals surface area (Å²) in [6.45, 7) is 1.70. The molecule has 0 bridgehead atoms. The van der Waals surface area contributed by atoms with Crippen molar-refractivity contribution in [1.29, 1.82) is 0 Å². The van der Waals surface area contributed by atoms with E-state index in [4.69, 9.17) is 5.73 Å². The fourth-order valence-electron chi connectivity index (χ4n) is 1.68. The van der Waals surface area contributed by atoms with Crippen LogP contribution in [0.5, 0.6) is 0 Å². The molecule has 3 N–H and O–H groups in total. The van der Waals surface area contributed by atoms with E-state index in [-0.39, 0.29) is 16.9 Å². The van der Waals surface area contributed by atoms with Gasteiger partial charge < -0.3 is 10.7 Å². The molecule has 1 aromatic heterocycles. The Bertz CT molecular complexity index is 675. The van der Waals surface area contributed by atoms with Crippen molar-refractivity contribution in [3.05, 3.63) is 57.5 Å². The number of aromatic nitrogens is 2. The third-order valence-corrected chi connectivity index (χ3v) is 3.60. The van der Waals surface area contributed by atoms with Crippen LogP contribution in [-0.2, 0) is 0 Å². The maximum atomic E-state index is 13.5. The van der Waals surface area contributed by atoms with Crippen molar-refractivity contribution < 1.29 is 8.78 Å². The van der Waals surface area contributed by atoms with E-state index in [9.17, 15) is 13.6 Å². The van der Waals surface area contributed by atoms with Crippen molar-refractivity contribution in [3.63, 3.8) is 0 Å². The van der Waals surface area contributed by atoms with Crippen LogP contribution >= 0.6 is 11.8 Å². The summed E-state index contributed by atoms with van der Waals surface area (Å²) in [5, 5.41) is 0.405. The molecule has 0 aliphatic heterocycles. The second kappa shape index (κ2) is 6.15. The summed E-state index contributed by atoms with van der Waals surface area (Å²) < 4.78 is 26.6. The lowest BCUT2D eigenvalue weighted by Gasteiger charge is -2.12. The van der Waals surface area contributed by atoms with E-state index in [1.807, 2.05) is 0 Å². The van der Waals surface area contributed by atoms with Gasteiger partial charge in [-0.1, -0.05) is 11.8 Å². The number of nitrogens with two attached hydrogens (primary N) is 1. The van der Waals surface area contributed by atoms with Crippen LogP contribution in [0.4, 0.5) is 8.78 Å². The van der Waals surface area contributed by atoms with Crippen molar-refractivity contribution in [2.45, 2.75) is 18.1 Å². The van der Waals surface area contributed by atoms with Crippen molar-refractivity contribution in [2.75, 3.05) is 5.75 Å². The van der Waals surface area contributed by atoms with E-state index in [2.05, 4.69) is 9.97 Å². The molecular formula is C13H13F2N3OS. The smallest absolute Gasteiger partial charge is 0.251 e. The van der Waals surface area contributed by atoms with Gasteiger partial charge in [-0.3, -0.25) is 4.79 Å². The Kier molecular flexibility index (Phi) is 4.51. The summed E-state index contributed by atoms with van der Waals surface area (Å²) in [5.41, 5.74) is 6.27. The van der Waals surface area contributed by atoms with Crippen molar-refractivity contribution >= 4 is 11.8 Å². The zero-order valence-electron chi connectivity index (χ0n) is 10.7. The molecule has 2 rings (SSSR count). The number of benzene rings is 1. The van der Waals surface area contributed by atoms with Crippen LogP contribution < -0.4 is 11.3 Å². The molecule has 20 heavy (non-hydrogen) atoms. The number of rotatable bonds is 4. The number of nitrogens with one attached hydrogen (secondary N) is 1. The van der Waals surface area contributed by atoms with Crippen molar-refractivity contribution in [1.82, 2.24) is 9.97 Å². The van der Waals surface area contributed by atoms with Crippen LogP contribution in [0.2, 0.25) is 0 Å². The minimum absolute atomic E-state index is 0.104. The number of halogens is 2. The number of hydrogen-bond donors (Lipinski definition) is 2. The zero-order chi connectivity index (χ0) is 14.7. The van der Waals surface area contributed by atoms with E-state index in [0.29, 0.717) is 10.9 Å². The topological polar surface area (TPSA) is 71.8 Å². The highest BCUT2D eigenvalue weighted by Crippen LogP contribution is 2.22. The van der Waals surface area contributed by atoms with Gasteiger partial charge in [0, 0.05) is 29.1 Å². The molecule has 1 atom stereocenters. The minimum atomic E-state index is -0.693. The molecule has 7 heteroatoms. The Morgan fingerprint density at radius 1 is 1.40 bits per heavy atom. The summed E-state index contributed by atoms with van der Waals surface area (Å²) in [4.78, 5) is 18.0.